The van der Waals surface area contributed by atoms with E-state index in [9.17, 15) is 17.4 Å². The molecule has 1 aliphatic rings. The lowest BCUT2D eigenvalue weighted by molar-refractivity contribution is 0.463. The van der Waals surface area contributed by atoms with Gasteiger partial charge >= 0.3 is 6.09 Å². The molecule has 3 N–H and O–H groups in total. The Bertz CT molecular complexity index is 615. The predicted molar refractivity (Wildman–Crippen MR) is 67.3 cm³/mol. The Morgan fingerprint density at radius 2 is 2.00 bits per heavy atom. The molecule has 1 unspecified atom stereocenters. The average molecular weight is 285 g/mol. The van der Waals surface area contributed by atoms with Crippen molar-refractivity contribution in [2.75, 3.05) is 0 Å². The van der Waals surface area contributed by atoms with Gasteiger partial charge in [-0.15, -0.1) is 0 Å². The Morgan fingerprint density at radius 3 is 2.58 bits per heavy atom. The summed E-state index contributed by atoms with van der Waals surface area (Å²) >= 11 is 0. The summed E-state index contributed by atoms with van der Waals surface area (Å²) in [5.41, 5.74) is 0.289. The molecule has 1 aromatic rings. The van der Waals surface area contributed by atoms with Crippen LogP contribution in [0.1, 0.15) is 10.9 Å². The Labute approximate surface area is 109 Å². The van der Waals surface area contributed by atoms with Gasteiger partial charge in [0.05, 0.1) is 0 Å². The van der Waals surface area contributed by atoms with Crippen molar-refractivity contribution in [2.45, 2.75) is 5.37 Å². The maximum Gasteiger partial charge on any atom is 0.309 e. The van der Waals surface area contributed by atoms with E-state index in [0.29, 0.717) is 0 Å². The summed E-state index contributed by atoms with van der Waals surface area (Å²) in [5, 5.41) is 3.37. The van der Waals surface area contributed by atoms with Gasteiger partial charge in [-0.1, -0.05) is 30.3 Å². The zero-order valence-corrected chi connectivity index (χ0v) is 10.3. The summed E-state index contributed by atoms with van der Waals surface area (Å²) in [5.74, 6) is -0.168. The summed E-state index contributed by atoms with van der Waals surface area (Å²) < 4.78 is 44.8. The first-order valence-corrected chi connectivity index (χ1v) is 6.65. The Morgan fingerprint density at radius 1 is 1.32 bits per heavy atom. The highest BCUT2D eigenvalue weighted by Gasteiger charge is 2.26. The zero-order valence-electron chi connectivity index (χ0n) is 9.49. The Balaban J connectivity index is 2.29. The maximum absolute atomic E-state index is 12.8. The first kappa shape index (κ1) is 13.4. The number of guanidine groups is 1. The minimum absolute atomic E-state index is 0.168. The number of halogens is 1. The molecule has 0 saturated carbocycles. The molecule has 7 nitrogen and oxygen atoms in total. The summed E-state index contributed by atoms with van der Waals surface area (Å²) in [6.45, 7) is 1.01. The normalized spacial score (nSPS) is 16.9. The molecule has 9 heteroatoms. The van der Waals surface area contributed by atoms with Crippen molar-refractivity contribution in [2.24, 2.45) is 9.98 Å². The number of aliphatic imine (C=N–C) groups is 2. The molecule has 0 bridgehead atoms. The molecule has 1 aliphatic heterocycles. The lowest BCUT2D eigenvalue weighted by atomic mass is 10.2. The molecule has 0 amide bonds. The van der Waals surface area contributed by atoms with Gasteiger partial charge < -0.3 is 10.6 Å². The van der Waals surface area contributed by atoms with Crippen molar-refractivity contribution in [3.05, 3.63) is 42.6 Å². The third-order valence-corrected chi connectivity index (χ3v) is 3.23. The molecular formula is C10H10FN4O3S. The Kier molecular flexibility index (Phi) is 3.76. The van der Waals surface area contributed by atoms with Crippen molar-refractivity contribution < 1.29 is 17.4 Å². The first-order valence-electron chi connectivity index (χ1n) is 5.15. The van der Waals surface area contributed by atoms with Gasteiger partial charge in [0.25, 0.3) is 10.1 Å². The van der Waals surface area contributed by atoms with Crippen LogP contribution < -0.4 is 10.6 Å². The smallest absolute Gasteiger partial charge is 0.309 e. The SMILES string of the molecule is O=S(=O)(O)C(NC1=NC(F)=N[CH]N1)c1ccccc1. The highest BCUT2D eigenvalue weighted by atomic mass is 32.2. The molecule has 0 aliphatic carbocycles. The maximum atomic E-state index is 12.8. The van der Waals surface area contributed by atoms with Gasteiger partial charge in [0.1, 0.15) is 0 Å². The standard InChI is InChI=1S/C10H10FN4O3S/c11-9-12-6-13-10(15-9)14-8(19(16,17)18)7-4-2-1-3-5-7/h1-6,8H,(H,16,17,18)(H2,12,13,14,15). The molecule has 1 atom stereocenters. The van der Waals surface area contributed by atoms with Crippen LogP contribution in [0.4, 0.5) is 4.39 Å². The number of nitrogens with one attached hydrogen (secondary N) is 2. The van der Waals surface area contributed by atoms with E-state index in [1.807, 2.05) is 0 Å². The van der Waals surface area contributed by atoms with Crippen LogP contribution in [0.3, 0.4) is 0 Å². The van der Waals surface area contributed by atoms with E-state index < -0.39 is 21.6 Å². The molecule has 101 valence electrons. The number of hydrogen-bond donors (Lipinski definition) is 3. The summed E-state index contributed by atoms with van der Waals surface area (Å²) in [4.78, 5) is 6.53. The second-order valence-corrected chi connectivity index (χ2v) is 5.08. The number of nitrogens with zero attached hydrogens (tertiary/aromatic N) is 2. The van der Waals surface area contributed by atoms with E-state index >= 15 is 0 Å². The van der Waals surface area contributed by atoms with E-state index in [1.165, 1.54) is 12.1 Å². The van der Waals surface area contributed by atoms with Crippen LogP contribution in [0, 0.1) is 6.67 Å². The molecule has 1 heterocycles. The van der Waals surface area contributed by atoms with Gasteiger partial charge in [0.2, 0.25) is 5.96 Å². The van der Waals surface area contributed by atoms with Gasteiger partial charge in [0, 0.05) is 0 Å². The molecule has 0 spiro atoms. The fraction of sp³-hybridized carbons (Fsp3) is 0.100. The minimum Gasteiger partial charge on any atom is -0.334 e. The van der Waals surface area contributed by atoms with E-state index in [2.05, 4.69) is 20.6 Å². The quantitative estimate of drug-likeness (QED) is 0.556. The summed E-state index contributed by atoms with van der Waals surface area (Å²) in [6, 6.07) is 7.92. The van der Waals surface area contributed by atoms with Crippen LogP contribution in [0.2, 0.25) is 0 Å². The van der Waals surface area contributed by atoms with E-state index in [-0.39, 0.29) is 11.5 Å². The molecule has 0 saturated heterocycles. The fourth-order valence-corrected chi connectivity index (χ4v) is 2.22. The lowest BCUT2D eigenvalue weighted by Gasteiger charge is -2.19. The second-order valence-electron chi connectivity index (χ2n) is 3.58. The molecule has 19 heavy (non-hydrogen) atoms. The molecule has 1 radical (unpaired) electrons. The highest BCUT2D eigenvalue weighted by Crippen LogP contribution is 2.18. The summed E-state index contributed by atoms with van der Waals surface area (Å²) in [7, 11) is -4.44. The van der Waals surface area contributed by atoms with Crippen LogP contribution in [-0.2, 0) is 10.1 Å². The van der Waals surface area contributed by atoms with Gasteiger partial charge in [-0.25, -0.2) is 4.99 Å². The molecule has 2 rings (SSSR count). The van der Waals surface area contributed by atoms with Crippen LogP contribution in [0.25, 0.3) is 0 Å². The van der Waals surface area contributed by atoms with Crippen LogP contribution in [0.5, 0.6) is 0 Å². The summed E-state index contributed by atoms with van der Waals surface area (Å²) in [6.07, 6.45) is -1.02. The van der Waals surface area contributed by atoms with Crippen LogP contribution in [-0.4, -0.2) is 25.0 Å². The average Bonchev–Trinajstić information content (AvgIpc) is 2.36. The van der Waals surface area contributed by atoms with Crippen LogP contribution in [0.15, 0.2) is 40.3 Å². The zero-order chi connectivity index (χ0) is 13.9. The fourth-order valence-electron chi connectivity index (χ4n) is 1.46. The van der Waals surface area contributed by atoms with E-state index in [1.54, 1.807) is 18.2 Å². The predicted octanol–water partition coefficient (Wildman–Crippen LogP) is 0.567. The third-order valence-electron chi connectivity index (χ3n) is 2.24. The van der Waals surface area contributed by atoms with Crippen molar-refractivity contribution in [1.29, 1.82) is 0 Å². The number of hydrogen-bond acceptors (Lipinski definition) is 6. The first-order chi connectivity index (χ1) is 8.97. The monoisotopic (exact) mass is 285 g/mol. The molecule has 0 fully saturated rings. The van der Waals surface area contributed by atoms with Crippen molar-refractivity contribution in [3.8, 4) is 0 Å². The van der Waals surface area contributed by atoms with E-state index in [0.717, 1.165) is 6.67 Å². The second kappa shape index (κ2) is 5.33. The number of benzene rings is 1. The third kappa shape index (κ3) is 3.48. The number of amidine groups is 1. The Hall–Kier alpha value is -2.00. The minimum atomic E-state index is -4.44. The molecule has 1 aromatic carbocycles. The topological polar surface area (TPSA) is 103 Å². The van der Waals surface area contributed by atoms with E-state index in [4.69, 9.17) is 0 Å². The van der Waals surface area contributed by atoms with Gasteiger partial charge in [0.15, 0.2) is 12.0 Å². The molecular weight excluding hydrogens is 275 g/mol. The van der Waals surface area contributed by atoms with Gasteiger partial charge in [-0.3, -0.25) is 4.55 Å². The van der Waals surface area contributed by atoms with Gasteiger partial charge in [-0.05, 0) is 5.56 Å². The highest BCUT2D eigenvalue weighted by molar-refractivity contribution is 7.86. The molecule has 0 aromatic heterocycles. The van der Waals surface area contributed by atoms with Crippen molar-refractivity contribution in [3.63, 3.8) is 0 Å². The van der Waals surface area contributed by atoms with Crippen LogP contribution >= 0.6 is 0 Å². The lowest BCUT2D eigenvalue weighted by Crippen LogP contribution is -2.42. The van der Waals surface area contributed by atoms with Gasteiger partial charge in [-0.2, -0.15) is 17.8 Å². The van der Waals surface area contributed by atoms with Crippen molar-refractivity contribution in [1.82, 2.24) is 10.6 Å². The number of rotatable bonds is 3. The van der Waals surface area contributed by atoms with Crippen molar-refractivity contribution >= 4 is 22.2 Å². The largest absolute Gasteiger partial charge is 0.334 e.